The molecule has 0 radical (unpaired) electrons. The number of aromatic nitrogens is 2. The summed E-state index contributed by atoms with van der Waals surface area (Å²) in [5.74, 6) is 0.640. The van der Waals surface area contributed by atoms with E-state index in [0.29, 0.717) is 12.5 Å². The van der Waals surface area contributed by atoms with Crippen LogP contribution in [0, 0.1) is 0 Å². The van der Waals surface area contributed by atoms with Crippen LogP contribution >= 0.6 is 0 Å². The average Bonchev–Trinajstić information content (AvgIpc) is 2.81. The Morgan fingerprint density at radius 2 is 1.79 bits per heavy atom. The van der Waals surface area contributed by atoms with Gasteiger partial charge in [0, 0.05) is 37.0 Å². The Kier molecular flexibility index (Phi) is 5.84. The predicted molar refractivity (Wildman–Crippen MR) is 112 cm³/mol. The summed E-state index contributed by atoms with van der Waals surface area (Å²) in [6.45, 7) is 15.2. The van der Waals surface area contributed by atoms with Gasteiger partial charge in [0.25, 0.3) is 0 Å². The highest BCUT2D eigenvalue weighted by Crippen LogP contribution is 2.36. The number of carbonyl (C=O) groups is 1. The molecule has 3 heterocycles. The summed E-state index contributed by atoms with van der Waals surface area (Å²) < 4.78 is 17.5. The lowest BCUT2D eigenvalue weighted by molar-refractivity contribution is 0.00578. The quantitative estimate of drug-likeness (QED) is 0.774. The first-order chi connectivity index (χ1) is 13.4. The van der Waals surface area contributed by atoms with E-state index < -0.39 is 23.9 Å². The van der Waals surface area contributed by atoms with Gasteiger partial charge >= 0.3 is 13.2 Å². The van der Waals surface area contributed by atoms with Gasteiger partial charge in [-0.3, -0.25) is 0 Å². The minimum atomic E-state index is -0.509. The Morgan fingerprint density at radius 1 is 1.21 bits per heavy atom. The molecule has 0 bridgehead atoms. The van der Waals surface area contributed by atoms with Gasteiger partial charge in [-0.2, -0.15) is 0 Å². The normalized spacial score (nSPS) is 23.8. The van der Waals surface area contributed by atoms with Crippen LogP contribution in [-0.4, -0.2) is 59.1 Å². The molecule has 8 nitrogen and oxygen atoms in total. The summed E-state index contributed by atoms with van der Waals surface area (Å²) in [4.78, 5) is 23.2. The lowest BCUT2D eigenvalue weighted by Gasteiger charge is -2.33. The number of nitrogens with one attached hydrogen (secondary N) is 1. The van der Waals surface area contributed by atoms with Crippen LogP contribution in [0.1, 0.15) is 61.3 Å². The molecule has 1 atom stereocenters. The molecule has 0 unspecified atom stereocenters. The van der Waals surface area contributed by atoms with Gasteiger partial charge in [0.1, 0.15) is 5.60 Å². The Hall–Kier alpha value is -1.87. The molecule has 0 aromatic carbocycles. The maximum absolute atomic E-state index is 12.1. The number of hydrogen-bond acceptors (Lipinski definition) is 7. The number of nitrogens with zero attached hydrogens (tertiary/aromatic N) is 3. The van der Waals surface area contributed by atoms with E-state index in [1.54, 1.807) is 12.4 Å². The molecule has 9 heteroatoms. The fourth-order valence-corrected chi connectivity index (χ4v) is 3.35. The molecule has 0 spiro atoms. The van der Waals surface area contributed by atoms with Crippen LogP contribution in [0.5, 0.6) is 0 Å². The van der Waals surface area contributed by atoms with Gasteiger partial charge in [-0.25, -0.2) is 14.8 Å². The van der Waals surface area contributed by atoms with Crippen molar-refractivity contribution in [3.63, 3.8) is 0 Å². The van der Waals surface area contributed by atoms with E-state index in [2.05, 4.69) is 20.2 Å². The van der Waals surface area contributed by atoms with Crippen LogP contribution < -0.4 is 15.7 Å². The molecular weight excluding hydrogens is 371 g/mol. The van der Waals surface area contributed by atoms with Gasteiger partial charge in [-0.1, -0.05) is 0 Å². The van der Waals surface area contributed by atoms with Crippen LogP contribution in [0.3, 0.4) is 0 Å². The zero-order chi connectivity index (χ0) is 21.4. The van der Waals surface area contributed by atoms with E-state index in [1.165, 1.54) is 0 Å². The van der Waals surface area contributed by atoms with Crippen molar-refractivity contribution >= 4 is 24.6 Å². The fraction of sp³-hybridized carbons (Fsp3) is 0.750. The second-order valence-corrected chi connectivity index (χ2v) is 9.84. The zero-order valence-corrected chi connectivity index (χ0v) is 18.6. The van der Waals surface area contributed by atoms with Crippen LogP contribution in [0.2, 0.25) is 0 Å². The molecule has 1 N–H and O–H groups in total. The molecule has 1 amide bonds. The van der Waals surface area contributed by atoms with Gasteiger partial charge in [-0.15, -0.1) is 0 Å². The molecule has 2 saturated heterocycles. The SMILES string of the molecule is CC(C)(C)OC(=O)N[C@@H]1CCCN(c2ncc(B3OC(C)(C)C(C)(C)O3)cn2)C1. The minimum absolute atomic E-state index is 0.00461. The first-order valence-corrected chi connectivity index (χ1v) is 10.3. The summed E-state index contributed by atoms with van der Waals surface area (Å²) in [6.07, 6.45) is 4.98. The lowest BCUT2D eigenvalue weighted by Crippen LogP contribution is -2.49. The summed E-state index contributed by atoms with van der Waals surface area (Å²) in [5.41, 5.74) is -0.508. The van der Waals surface area contributed by atoms with E-state index in [1.807, 2.05) is 48.5 Å². The molecule has 0 saturated carbocycles. The average molecular weight is 404 g/mol. The summed E-state index contributed by atoms with van der Waals surface area (Å²) in [5, 5.41) is 2.95. The molecule has 2 aliphatic heterocycles. The van der Waals surface area contributed by atoms with E-state index >= 15 is 0 Å². The third-order valence-corrected chi connectivity index (χ3v) is 5.61. The largest absolute Gasteiger partial charge is 0.498 e. The second kappa shape index (κ2) is 7.76. The van der Waals surface area contributed by atoms with Crippen molar-refractivity contribution in [2.45, 2.75) is 84.2 Å². The van der Waals surface area contributed by atoms with Gasteiger partial charge in [-0.05, 0) is 61.3 Å². The van der Waals surface area contributed by atoms with E-state index in [0.717, 1.165) is 24.8 Å². The zero-order valence-electron chi connectivity index (χ0n) is 18.6. The van der Waals surface area contributed by atoms with Crippen LogP contribution in [0.4, 0.5) is 10.7 Å². The number of amides is 1. The molecule has 29 heavy (non-hydrogen) atoms. The van der Waals surface area contributed by atoms with Crippen LogP contribution in [0.25, 0.3) is 0 Å². The molecule has 2 aliphatic rings. The smallest absolute Gasteiger partial charge is 0.444 e. The highest BCUT2D eigenvalue weighted by atomic mass is 16.7. The number of piperidine rings is 1. The van der Waals surface area contributed by atoms with Crippen molar-refractivity contribution < 1.29 is 18.8 Å². The molecule has 3 rings (SSSR count). The molecule has 1 aromatic heterocycles. The van der Waals surface area contributed by atoms with Crippen molar-refractivity contribution in [1.29, 1.82) is 0 Å². The molecule has 1 aromatic rings. The third kappa shape index (κ3) is 5.19. The van der Waals surface area contributed by atoms with Gasteiger partial charge in [0.2, 0.25) is 5.95 Å². The van der Waals surface area contributed by atoms with Crippen molar-refractivity contribution in [3.05, 3.63) is 12.4 Å². The summed E-state index contributed by atoms with van der Waals surface area (Å²) in [6, 6.07) is 0.00461. The van der Waals surface area contributed by atoms with Crippen molar-refractivity contribution in [2.24, 2.45) is 0 Å². The van der Waals surface area contributed by atoms with Gasteiger partial charge in [0.15, 0.2) is 0 Å². The first kappa shape index (κ1) is 21.8. The Labute approximate surface area is 173 Å². The molecule has 160 valence electrons. The topological polar surface area (TPSA) is 85.8 Å². The van der Waals surface area contributed by atoms with Gasteiger partial charge < -0.3 is 24.3 Å². The highest BCUT2D eigenvalue weighted by molar-refractivity contribution is 6.61. The number of ether oxygens (including phenoxy) is 1. The summed E-state index contributed by atoms with van der Waals surface area (Å²) in [7, 11) is -0.475. The van der Waals surface area contributed by atoms with E-state index in [9.17, 15) is 4.79 Å². The maximum atomic E-state index is 12.1. The van der Waals surface area contributed by atoms with Crippen LogP contribution in [0.15, 0.2) is 12.4 Å². The fourth-order valence-electron chi connectivity index (χ4n) is 3.35. The van der Waals surface area contributed by atoms with Gasteiger partial charge in [0.05, 0.1) is 11.2 Å². The van der Waals surface area contributed by atoms with Crippen LogP contribution in [-0.2, 0) is 14.0 Å². The second-order valence-electron chi connectivity index (χ2n) is 9.84. The van der Waals surface area contributed by atoms with Crippen molar-refractivity contribution in [1.82, 2.24) is 15.3 Å². The van der Waals surface area contributed by atoms with Crippen molar-refractivity contribution in [2.75, 3.05) is 18.0 Å². The van der Waals surface area contributed by atoms with E-state index in [-0.39, 0.29) is 12.1 Å². The third-order valence-electron chi connectivity index (χ3n) is 5.61. The number of anilines is 1. The number of hydrogen-bond donors (Lipinski definition) is 1. The first-order valence-electron chi connectivity index (χ1n) is 10.3. The minimum Gasteiger partial charge on any atom is -0.444 e. The number of rotatable bonds is 3. The number of alkyl carbamates (subject to hydrolysis) is 1. The highest BCUT2D eigenvalue weighted by Gasteiger charge is 2.52. The Bertz CT molecular complexity index is 717. The standard InChI is InChI=1S/C20H33BN4O4/c1-18(2,3)27-17(26)24-15-9-8-10-25(13-15)16-22-11-14(12-23-16)21-28-19(4,5)20(6,7)29-21/h11-12,15H,8-10,13H2,1-7H3,(H,24,26)/t15-/m1/s1. The molecule has 2 fully saturated rings. The maximum Gasteiger partial charge on any atom is 0.498 e. The molecule has 0 aliphatic carbocycles. The van der Waals surface area contributed by atoms with E-state index in [4.69, 9.17) is 14.0 Å². The monoisotopic (exact) mass is 404 g/mol. The Balaban J connectivity index is 1.61. The summed E-state index contributed by atoms with van der Waals surface area (Å²) >= 11 is 0. The Morgan fingerprint density at radius 3 is 2.34 bits per heavy atom. The lowest BCUT2D eigenvalue weighted by atomic mass is 9.81. The number of carbonyl (C=O) groups excluding carboxylic acids is 1. The predicted octanol–water partition coefficient (Wildman–Crippen LogP) is 2.27. The molecular formula is C20H33BN4O4. The van der Waals surface area contributed by atoms with Crippen molar-refractivity contribution in [3.8, 4) is 0 Å².